The van der Waals surface area contributed by atoms with Crippen molar-refractivity contribution in [2.45, 2.75) is 31.8 Å². The fraction of sp³-hybridized carbons (Fsp3) is 0.500. The van der Waals surface area contributed by atoms with Crippen molar-refractivity contribution in [3.63, 3.8) is 0 Å². The van der Waals surface area contributed by atoms with Gasteiger partial charge in [0.2, 0.25) is 5.91 Å². The lowest BCUT2D eigenvalue weighted by Gasteiger charge is -2.10. The minimum absolute atomic E-state index is 0.0693. The van der Waals surface area contributed by atoms with Crippen LogP contribution in [0.1, 0.15) is 24.8 Å². The topological polar surface area (TPSA) is 38.3 Å². The molecule has 0 bridgehead atoms. The largest absolute Gasteiger partial charge is 0.378 e. The summed E-state index contributed by atoms with van der Waals surface area (Å²) in [4.78, 5) is 11.8. The minimum atomic E-state index is 0.0693. The van der Waals surface area contributed by atoms with Crippen LogP contribution in [0.25, 0.3) is 0 Å². The summed E-state index contributed by atoms with van der Waals surface area (Å²) >= 11 is 3.45. The van der Waals surface area contributed by atoms with Crippen LogP contribution in [0.15, 0.2) is 28.7 Å². The molecule has 18 heavy (non-hydrogen) atoms. The van der Waals surface area contributed by atoms with Gasteiger partial charge in [0.15, 0.2) is 0 Å². The molecule has 0 saturated carbocycles. The van der Waals surface area contributed by atoms with Crippen LogP contribution in [0.3, 0.4) is 0 Å². The van der Waals surface area contributed by atoms with E-state index in [1.54, 1.807) is 0 Å². The molecule has 0 radical (unpaired) electrons. The van der Waals surface area contributed by atoms with E-state index in [2.05, 4.69) is 21.2 Å². The summed E-state index contributed by atoms with van der Waals surface area (Å²) < 4.78 is 6.50. The van der Waals surface area contributed by atoms with Crippen molar-refractivity contribution in [3.05, 3.63) is 34.3 Å². The summed E-state index contributed by atoms with van der Waals surface area (Å²) in [6.07, 6.45) is 3.96. The summed E-state index contributed by atoms with van der Waals surface area (Å²) in [5.74, 6) is 0.0693. The maximum absolute atomic E-state index is 11.8. The highest BCUT2D eigenvalue weighted by Crippen LogP contribution is 2.16. The number of ether oxygens (including phenoxy) is 1. The van der Waals surface area contributed by atoms with E-state index in [-0.39, 0.29) is 5.91 Å². The van der Waals surface area contributed by atoms with Crippen LogP contribution in [0.2, 0.25) is 0 Å². The second-order valence-electron chi connectivity index (χ2n) is 4.54. The van der Waals surface area contributed by atoms with E-state index in [4.69, 9.17) is 4.74 Å². The van der Waals surface area contributed by atoms with Gasteiger partial charge in [0.25, 0.3) is 0 Å². The number of benzene rings is 1. The third kappa shape index (κ3) is 4.10. The first-order chi connectivity index (χ1) is 8.75. The molecule has 0 spiro atoms. The lowest BCUT2D eigenvalue weighted by atomic mass is 10.1. The van der Waals surface area contributed by atoms with Crippen molar-refractivity contribution in [1.82, 2.24) is 5.32 Å². The second kappa shape index (κ2) is 6.90. The Labute approximate surface area is 116 Å². The van der Waals surface area contributed by atoms with Gasteiger partial charge in [0.1, 0.15) is 0 Å². The molecule has 1 amide bonds. The van der Waals surface area contributed by atoms with Gasteiger partial charge in [-0.15, -0.1) is 0 Å². The molecule has 1 N–H and O–H groups in total. The molecule has 1 atom stereocenters. The maximum Gasteiger partial charge on any atom is 0.224 e. The van der Waals surface area contributed by atoms with Gasteiger partial charge in [-0.05, 0) is 30.9 Å². The zero-order chi connectivity index (χ0) is 12.8. The summed E-state index contributed by atoms with van der Waals surface area (Å²) in [5, 5.41) is 2.95. The average molecular weight is 312 g/mol. The Morgan fingerprint density at radius 3 is 3.00 bits per heavy atom. The number of halogens is 1. The standard InChI is InChI=1S/C14H18BrNO2/c15-13-6-2-1-4-11(13)10-14(17)16-8-7-12-5-3-9-18-12/h1-2,4,6,12H,3,5,7-10H2,(H,16,17)/t12-/m1/s1. The first kappa shape index (κ1) is 13.6. The molecule has 1 saturated heterocycles. The Morgan fingerprint density at radius 1 is 1.44 bits per heavy atom. The van der Waals surface area contributed by atoms with Crippen LogP contribution in [-0.2, 0) is 16.0 Å². The lowest BCUT2D eigenvalue weighted by molar-refractivity contribution is -0.120. The predicted octanol–water partition coefficient (Wildman–Crippen LogP) is 2.68. The van der Waals surface area contributed by atoms with Crippen LogP contribution < -0.4 is 5.32 Å². The van der Waals surface area contributed by atoms with Gasteiger partial charge in [-0.1, -0.05) is 34.1 Å². The SMILES string of the molecule is O=C(Cc1ccccc1Br)NCC[C@H]1CCCO1. The van der Waals surface area contributed by atoms with E-state index in [0.717, 1.165) is 35.9 Å². The minimum Gasteiger partial charge on any atom is -0.378 e. The molecule has 1 aromatic carbocycles. The van der Waals surface area contributed by atoms with Gasteiger partial charge in [0, 0.05) is 17.6 Å². The molecule has 1 heterocycles. The van der Waals surface area contributed by atoms with Crippen LogP contribution >= 0.6 is 15.9 Å². The van der Waals surface area contributed by atoms with E-state index in [1.165, 1.54) is 0 Å². The molecule has 1 aromatic rings. The summed E-state index contributed by atoms with van der Waals surface area (Å²) in [6.45, 7) is 1.57. The normalized spacial score (nSPS) is 18.8. The molecule has 1 aliphatic rings. The molecule has 3 nitrogen and oxygen atoms in total. The van der Waals surface area contributed by atoms with Gasteiger partial charge in [-0.3, -0.25) is 4.79 Å². The third-order valence-corrected chi connectivity index (χ3v) is 3.89. The Bertz CT molecular complexity index is 403. The summed E-state index contributed by atoms with van der Waals surface area (Å²) in [5.41, 5.74) is 1.02. The fourth-order valence-corrected chi connectivity index (χ4v) is 2.55. The Hall–Kier alpha value is -0.870. The van der Waals surface area contributed by atoms with Crippen LogP contribution in [0, 0.1) is 0 Å². The summed E-state index contributed by atoms with van der Waals surface area (Å²) in [6, 6.07) is 7.81. The molecule has 0 aromatic heterocycles. The first-order valence-corrected chi connectivity index (χ1v) is 7.16. The van der Waals surface area contributed by atoms with Crippen molar-refractivity contribution in [2.75, 3.05) is 13.2 Å². The van der Waals surface area contributed by atoms with Gasteiger partial charge in [-0.25, -0.2) is 0 Å². The number of nitrogens with one attached hydrogen (secondary N) is 1. The maximum atomic E-state index is 11.8. The van der Waals surface area contributed by atoms with E-state index in [0.29, 0.717) is 19.1 Å². The number of hydrogen-bond acceptors (Lipinski definition) is 2. The molecular weight excluding hydrogens is 294 g/mol. The Morgan fingerprint density at radius 2 is 2.28 bits per heavy atom. The van der Waals surface area contributed by atoms with Crippen LogP contribution in [-0.4, -0.2) is 25.2 Å². The predicted molar refractivity (Wildman–Crippen MR) is 74.4 cm³/mol. The van der Waals surface area contributed by atoms with Gasteiger partial charge < -0.3 is 10.1 Å². The van der Waals surface area contributed by atoms with E-state index < -0.39 is 0 Å². The first-order valence-electron chi connectivity index (χ1n) is 6.37. The highest BCUT2D eigenvalue weighted by molar-refractivity contribution is 9.10. The molecular formula is C14H18BrNO2. The van der Waals surface area contributed by atoms with Gasteiger partial charge in [0.05, 0.1) is 12.5 Å². The molecule has 0 aliphatic carbocycles. The number of carbonyl (C=O) groups is 1. The average Bonchev–Trinajstić information content (AvgIpc) is 2.85. The van der Waals surface area contributed by atoms with Crippen molar-refractivity contribution in [3.8, 4) is 0 Å². The van der Waals surface area contributed by atoms with Crippen molar-refractivity contribution in [2.24, 2.45) is 0 Å². The molecule has 0 unspecified atom stereocenters. The molecule has 2 rings (SSSR count). The van der Waals surface area contributed by atoms with Crippen molar-refractivity contribution >= 4 is 21.8 Å². The molecule has 1 aliphatic heterocycles. The molecule has 4 heteroatoms. The Balaban J connectivity index is 1.70. The zero-order valence-corrected chi connectivity index (χ0v) is 11.9. The van der Waals surface area contributed by atoms with E-state index in [1.807, 2.05) is 24.3 Å². The van der Waals surface area contributed by atoms with E-state index in [9.17, 15) is 4.79 Å². The quantitative estimate of drug-likeness (QED) is 0.908. The third-order valence-electron chi connectivity index (χ3n) is 3.12. The molecule has 1 fully saturated rings. The number of hydrogen-bond donors (Lipinski definition) is 1. The highest BCUT2D eigenvalue weighted by Gasteiger charge is 2.15. The smallest absolute Gasteiger partial charge is 0.224 e. The summed E-state index contributed by atoms with van der Waals surface area (Å²) in [7, 11) is 0. The van der Waals surface area contributed by atoms with E-state index >= 15 is 0 Å². The zero-order valence-electron chi connectivity index (χ0n) is 10.3. The number of carbonyl (C=O) groups excluding carboxylic acids is 1. The monoisotopic (exact) mass is 311 g/mol. The van der Waals surface area contributed by atoms with Gasteiger partial charge in [-0.2, -0.15) is 0 Å². The Kier molecular flexibility index (Phi) is 5.20. The number of amides is 1. The van der Waals surface area contributed by atoms with Crippen LogP contribution in [0.4, 0.5) is 0 Å². The van der Waals surface area contributed by atoms with Crippen molar-refractivity contribution < 1.29 is 9.53 Å². The lowest BCUT2D eigenvalue weighted by Crippen LogP contribution is -2.28. The highest BCUT2D eigenvalue weighted by atomic mass is 79.9. The molecule has 98 valence electrons. The van der Waals surface area contributed by atoms with Gasteiger partial charge >= 0.3 is 0 Å². The second-order valence-corrected chi connectivity index (χ2v) is 5.40. The fourth-order valence-electron chi connectivity index (χ4n) is 2.12. The van der Waals surface area contributed by atoms with Crippen LogP contribution in [0.5, 0.6) is 0 Å². The number of rotatable bonds is 5. The van der Waals surface area contributed by atoms with Crippen molar-refractivity contribution in [1.29, 1.82) is 0 Å².